The Labute approximate surface area is 205 Å². The Hall–Kier alpha value is -3.61. The van der Waals surface area contributed by atoms with E-state index in [1.54, 1.807) is 0 Å². The summed E-state index contributed by atoms with van der Waals surface area (Å²) in [5, 5.41) is 14.8. The van der Waals surface area contributed by atoms with Crippen LogP contribution in [0.4, 0.5) is 4.79 Å². The number of hydrogen-bond donors (Lipinski definition) is 3. The summed E-state index contributed by atoms with van der Waals surface area (Å²) in [6.07, 6.45) is 4.79. The van der Waals surface area contributed by atoms with Crippen molar-refractivity contribution in [2.75, 3.05) is 6.61 Å². The van der Waals surface area contributed by atoms with E-state index in [-0.39, 0.29) is 43.2 Å². The summed E-state index contributed by atoms with van der Waals surface area (Å²) in [4.78, 5) is 36.6. The summed E-state index contributed by atoms with van der Waals surface area (Å²) >= 11 is 0. The number of ether oxygens (including phenoxy) is 1. The molecule has 4 rings (SSSR count). The first-order valence-corrected chi connectivity index (χ1v) is 12.2. The van der Waals surface area contributed by atoms with Gasteiger partial charge in [0.05, 0.1) is 0 Å². The van der Waals surface area contributed by atoms with E-state index in [1.807, 2.05) is 24.3 Å². The standard InChI is InChI=1S/C28H32N2O5/c1-2-9-25(27(32)33)29-26(31)16-18-10-3-8-15-24(18)30-28(34)35-17-23-21-13-6-4-11-19(21)20-12-5-7-14-22(20)23/h2,4-7,11-14,18,23-25H,1,3,8-10,15-17H2,(H,29,31)(H,30,34)(H,32,33)/t18-,24-,25?/m0/s1. The van der Waals surface area contributed by atoms with Crippen LogP contribution in [0.5, 0.6) is 0 Å². The zero-order chi connectivity index (χ0) is 24.8. The monoisotopic (exact) mass is 476 g/mol. The van der Waals surface area contributed by atoms with Crippen LogP contribution in [0.3, 0.4) is 0 Å². The van der Waals surface area contributed by atoms with Gasteiger partial charge in [0.15, 0.2) is 0 Å². The van der Waals surface area contributed by atoms with Gasteiger partial charge < -0.3 is 20.5 Å². The van der Waals surface area contributed by atoms with Crippen molar-refractivity contribution in [1.29, 1.82) is 0 Å². The van der Waals surface area contributed by atoms with Crippen LogP contribution < -0.4 is 10.6 Å². The number of carbonyl (C=O) groups excluding carboxylic acids is 2. The highest BCUT2D eigenvalue weighted by atomic mass is 16.5. The molecule has 7 nitrogen and oxygen atoms in total. The van der Waals surface area contributed by atoms with Crippen LogP contribution in [0.2, 0.25) is 0 Å². The molecule has 3 atom stereocenters. The van der Waals surface area contributed by atoms with Gasteiger partial charge in [-0.05, 0) is 47.4 Å². The third-order valence-corrected chi connectivity index (χ3v) is 7.04. The van der Waals surface area contributed by atoms with E-state index in [4.69, 9.17) is 4.74 Å². The lowest BCUT2D eigenvalue weighted by molar-refractivity contribution is -0.141. The van der Waals surface area contributed by atoms with Crippen molar-refractivity contribution in [2.24, 2.45) is 5.92 Å². The van der Waals surface area contributed by atoms with Crippen LogP contribution in [0.15, 0.2) is 61.2 Å². The van der Waals surface area contributed by atoms with Crippen LogP contribution in [0, 0.1) is 5.92 Å². The Morgan fingerprint density at radius 1 is 1.03 bits per heavy atom. The zero-order valence-electron chi connectivity index (χ0n) is 19.7. The molecule has 0 aromatic heterocycles. The van der Waals surface area contributed by atoms with Crippen molar-refractivity contribution in [3.05, 3.63) is 72.3 Å². The molecule has 7 heteroatoms. The van der Waals surface area contributed by atoms with E-state index in [0.717, 1.165) is 36.8 Å². The van der Waals surface area contributed by atoms with Crippen molar-refractivity contribution in [1.82, 2.24) is 10.6 Å². The SMILES string of the molecule is C=CCC(NC(=O)C[C@@H]1CCCC[C@@H]1NC(=O)OCC1c2ccccc2-c2ccccc21)C(=O)O. The fourth-order valence-corrected chi connectivity index (χ4v) is 5.31. The lowest BCUT2D eigenvalue weighted by atomic mass is 9.82. The first kappa shape index (κ1) is 24.5. The number of carbonyl (C=O) groups is 3. The van der Waals surface area contributed by atoms with Gasteiger partial charge in [0, 0.05) is 18.4 Å². The van der Waals surface area contributed by atoms with Gasteiger partial charge in [-0.2, -0.15) is 0 Å². The molecule has 184 valence electrons. The number of nitrogens with one attached hydrogen (secondary N) is 2. The lowest BCUT2D eigenvalue weighted by Crippen LogP contribution is -2.46. The molecule has 2 amide bonds. The summed E-state index contributed by atoms with van der Waals surface area (Å²) in [7, 11) is 0. The van der Waals surface area contributed by atoms with Crippen molar-refractivity contribution in [3.8, 4) is 11.1 Å². The van der Waals surface area contributed by atoms with Gasteiger partial charge in [-0.3, -0.25) is 4.79 Å². The molecular formula is C28H32N2O5. The molecule has 1 unspecified atom stereocenters. The van der Waals surface area contributed by atoms with Gasteiger partial charge in [-0.25, -0.2) is 9.59 Å². The minimum atomic E-state index is -1.09. The predicted octanol–water partition coefficient (Wildman–Crippen LogP) is 4.62. The first-order chi connectivity index (χ1) is 17.0. The number of carboxylic acids is 1. The van der Waals surface area contributed by atoms with E-state index >= 15 is 0 Å². The van der Waals surface area contributed by atoms with E-state index in [0.29, 0.717) is 0 Å². The number of aliphatic carboxylic acids is 1. The maximum Gasteiger partial charge on any atom is 0.407 e. The molecule has 0 radical (unpaired) electrons. The summed E-state index contributed by atoms with van der Waals surface area (Å²) in [5.41, 5.74) is 4.65. The number of carboxylic acid groups (broad SMARTS) is 1. The Bertz CT molecular complexity index is 1050. The lowest BCUT2D eigenvalue weighted by Gasteiger charge is -2.32. The number of fused-ring (bicyclic) bond motifs is 3. The number of rotatable bonds is 9. The molecule has 2 aromatic rings. The molecule has 0 bridgehead atoms. The fraction of sp³-hybridized carbons (Fsp3) is 0.393. The van der Waals surface area contributed by atoms with Gasteiger partial charge in [-0.15, -0.1) is 6.58 Å². The minimum absolute atomic E-state index is 0.0149. The highest BCUT2D eigenvalue weighted by Crippen LogP contribution is 2.44. The second kappa shape index (κ2) is 11.2. The summed E-state index contributed by atoms with van der Waals surface area (Å²) in [5.74, 6) is -1.50. The van der Waals surface area contributed by atoms with E-state index in [2.05, 4.69) is 41.5 Å². The van der Waals surface area contributed by atoms with Crippen molar-refractivity contribution in [3.63, 3.8) is 0 Å². The molecule has 2 aromatic carbocycles. The molecular weight excluding hydrogens is 444 g/mol. The third kappa shape index (κ3) is 5.73. The quantitative estimate of drug-likeness (QED) is 0.458. The number of hydrogen-bond acceptors (Lipinski definition) is 4. The van der Waals surface area contributed by atoms with E-state index in [1.165, 1.54) is 17.2 Å². The van der Waals surface area contributed by atoms with Gasteiger partial charge in [0.1, 0.15) is 12.6 Å². The molecule has 35 heavy (non-hydrogen) atoms. The third-order valence-electron chi connectivity index (χ3n) is 7.04. The summed E-state index contributed by atoms with van der Waals surface area (Å²) in [6, 6.07) is 15.2. The van der Waals surface area contributed by atoms with Crippen molar-refractivity contribution >= 4 is 18.0 Å². The molecule has 0 spiro atoms. The minimum Gasteiger partial charge on any atom is -0.480 e. The van der Waals surface area contributed by atoms with Crippen LogP contribution >= 0.6 is 0 Å². The average molecular weight is 477 g/mol. The molecule has 0 saturated heterocycles. The topological polar surface area (TPSA) is 105 Å². The predicted molar refractivity (Wildman–Crippen MR) is 133 cm³/mol. The summed E-state index contributed by atoms with van der Waals surface area (Å²) in [6.45, 7) is 3.78. The molecule has 0 aliphatic heterocycles. The molecule has 1 fully saturated rings. The zero-order valence-corrected chi connectivity index (χ0v) is 19.7. The van der Waals surface area contributed by atoms with Gasteiger partial charge in [0.25, 0.3) is 0 Å². The number of alkyl carbamates (subject to hydrolysis) is 1. The van der Waals surface area contributed by atoms with Crippen LogP contribution in [0.1, 0.15) is 55.6 Å². The summed E-state index contributed by atoms with van der Waals surface area (Å²) < 4.78 is 5.68. The Kier molecular flexibility index (Phi) is 7.85. The Morgan fingerprint density at radius 2 is 1.66 bits per heavy atom. The van der Waals surface area contributed by atoms with E-state index in [9.17, 15) is 19.5 Å². The van der Waals surface area contributed by atoms with Gasteiger partial charge in [0.2, 0.25) is 5.91 Å². The second-order valence-corrected chi connectivity index (χ2v) is 9.31. The highest BCUT2D eigenvalue weighted by Gasteiger charge is 2.32. The molecule has 3 N–H and O–H groups in total. The second-order valence-electron chi connectivity index (χ2n) is 9.31. The number of benzene rings is 2. The molecule has 0 heterocycles. The molecule has 2 aliphatic carbocycles. The van der Waals surface area contributed by atoms with Crippen molar-refractivity contribution in [2.45, 2.75) is 56.5 Å². The van der Waals surface area contributed by atoms with Crippen LogP contribution in [0.25, 0.3) is 11.1 Å². The average Bonchev–Trinajstić information content (AvgIpc) is 3.17. The first-order valence-electron chi connectivity index (χ1n) is 12.2. The number of amides is 2. The highest BCUT2D eigenvalue weighted by molar-refractivity contribution is 5.84. The normalized spacial score (nSPS) is 19.7. The Morgan fingerprint density at radius 3 is 2.29 bits per heavy atom. The van der Waals surface area contributed by atoms with Crippen molar-refractivity contribution < 1.29 is 24.2 Å². The van der Waals surface area contributed by atoms with Crippen LogP contribution in [-0.4, -0.2) is 41.8 Å². The van der Waals surface area contributed by atoms with Crippen LogP contribution in [-0.2, 0) is 14.3 Å². The Balaban J connectivity index is 1.34. The van der Waals surface area contributed by atoms with E-state index < -0.39 is 18.1 Å². The molecule has 2 aliphatic rings. The molecule has 1 saturated carbocycles. The smallest absolute Gasteiger partial charge is 0.407 e. The largest absolute Gasteiger partial charge is 0.480 e. The van der Waals surface area contributed by atoms with Gasteiger partial charge in [-0.1, -0.05) is 67.4 Å². The maximum atomic E-state index is 12.8. The maximum absolute atomic E-state index is 12.8. The fourth-order valence-electron chi connectivity index (χ4n) is 5.31. The van der Waals surface area contributed by atoms with Gasteiger partial charge >= 0.3 is 12.1 Å².